The number of nitro benzene ring substituents is 1. The highest BCUT2D eigenvalue weighted by Crippen LogP contribution is 2.31. The molecule has 0 heterocycles. The van der Waals surface area contributed by atoms with Crippen LogP contribution < -0.4 is 4.52 Å². The Morgan fingerprint density at radius 2 is 1.92 bits per heavy atom. The van der Waals surface area contributed by atoms with Crippen LogP contribution in [0.4, 0.5) is 5.69 Å². The van der Waals surface area contributed by atoms with Crippen LogP contribution in [0.3, 0.4) is 0 Å². The van der Waals surface area contributed by atoms with E-state index in [1.807, 2.05) is 0 Å². The minimum absolute atomic E-state index is 0.0541. The summed E-state index contributed by atoms with van der Waals surface area (Å²) in [6.07, 6.45) is 0. The molecule has 1 rings (SSSR count). The molecule has 0 aliphatic heterocycles. The van der Waals surface area contributed by atoms with Crippen molar-refractivity contribution in [1.82, 2.24) is 0 Å². The van der Waals surface area contributed by atoms with Crippen LogP contribution >= 0.6 is 18.6 Å². The zero-order valence-corrected chi connectivity index (χ0v) is 8.02. The summed E-state index contributed by atoms with van der Waals surface area (Å²) < 4.78 is 15.1. The minimum Gasteiger partial charge on any atom is -0.435 e. The summed E-state index contributed by atoms with van der Waals surface area (Å²) in [6.45, 7) is 0. The molecule has 5 nitrogen and oxygen atoms in total. The molecule has 1 aromatic rings. The van der Waals surface area contributed by atoms with Gasteiger partial charge in [-0.05, 0) is 23.4 Å². The Balaban J connectivity index is 2.81. The van der Waals surface area contributed by atoms with Crippen molar-refractivity contribution < 1.29 is 14.0 Å². The summed E-state index contributed by atoms with van der Waals surface area (Å²) in [7, 11) is -2.57. The molecular weight excluding hydrogens is 216 g/mol. The largest absolute Gasteiger partial charge is 0.435 e. The highest BCUT2D eigenvalue weighted by molar-refractivity contribution is 7.70. The fraction of sp³-hybridized carbons (Fsp3) is 0. The number of benzene rings is 1. The molecule has 0 fully saturated rings. The van der Waals surface area contributed by atoms with Gasteiger partial charge in [0, 0.05) is 12.1 Å². The van der Waals surface area contributed by atoms with Gasteiger partial charge in [-0.2, -0.15) is 0 Å². The van der Waals surface area contributed by atoms with Gasteiger partial charge in [0.2, 0.25) is 0 Å². The van der Waals surface area contributed by atoms with Crippen molar-refractivity contribution in [3.8, 4) is 5.75 Å². The maximum absolute atomic E-state index is 10.4. The molecule has 0 aliphatic carbocycles. The Morgan fingerprint density at radius 3 is 2.31 bits per heavy atom. The highest BCUT2D eigenvalue weighted by Gasteiger charge is 2.04. The van der Waals surface area contributed by atoms with Crippen LogP contribution in [0.2, 0.25) is 0 Å². The average Bonchev–Trinajstić information content (AvgIpc) is 2.04. The van der Waals surface area contributed by atoms with Crippen molar-refractivity contribution in [2.45, 2.75) is 0 Å². The lowest BCUT2D eigenvalue weighted by atomic mass is 10.3. The normalized spacial score (nSPS) is 12.1. The fourth-order valence-corrected chi connectivity index (χ4v) is 1.32. The van der Waals surface area contributed by atoms with Crippen molar-refractivity contribution in [3.63, 3.8) is 0 Å². The molecule has 0 amide bonds. The molecule has 13 heavy (non-hydrogen) atoms. The number of non-ortho nitro benzene ring substituents is 1. The monoisotopic (exact) mass is 221 g/mol. The van der Waals surface area contributed by atoms with Crippen LogP contribution in [0.15, 0.2) is 24.3 Å². The molecule has 1 atom stereocenters. The molecule has 1 unspecified atom stereocenters. The molecule has 0 spiro atoms. The molecule has 1 aromatic carbocycles. The minimum atomic E-state index is -2.57. The first-order valence-electron chi connectivity index (χ1n) is 3.21. The van der Waals surface area contributed by atoms with Crippen LogP contribution in [-0.4, -0.2) is 4.92 Å². The highest BCUT2D eigenvalue weighted by atomic mass is 35.7. The Morgan fingerprint density at radius 1 is 1.38 bits per heavy atom. The van der Waals surface area contributed by atoms with E-state index in [0.717, 1.165) is 0 Å². The van der Waals surface area contributed by atoms with Gasteiger partial charge in [-0.25, -0.2) is 0 Å². The molecule has 70 valence electrons. The number of nitro groups is 1. The smallest absolute Gasteiger partial charge is 0.325 e. The van der Waals surface area contributed by atoms with Crippen LogP contribution in [0, 0.1) is 10.1 Å². The van der Waals surface area contributed by atoms with Crippen LogP contribution in [-0.2, 0) is 4.57 Å². The Bertz CT molecular complexity index is 339. The van der Waals surface area contributed by atoms with Crippen molar-refractivity contribution >= 4 is 24.3 Å². The van der Waals surface area contributed by atoms with E-state index in [1.165, 1.54) is 24.3 Å². The van der Waals surface area contributed by atoms with E-state index in [4.69, 9.17) is 11.2 Å². The van der Waals surface area contributed by atoms with Gasteiger partial charge in [0.1, 0.15) is 5.75 Å². The fourth-order valence-electron chi connectivity index (χ4n) is 0.729. The topological polar surface area (TPSA) is 69.4 Å². The van der Waals surface area contributed by atoms with Gasteiger partial charge in [0.15, 0.2) is 0 Å². The summed E-state index contributed by atoms with van der Waals surface area (Å²) in [5, 5.41) is 10.2. The quantitative estimate of drug-likeness (QED) is 0.447. The van der Waals surface area contributed by atoms with Gasteiger partial charge in [-0.1, -0.05) is 0 Å². The zero-order chi connectivity index (χ0) is 9.84. The van der Waals surface area contributed by atoms with E-state index in [1.54, 1.807) is 0 Å². The third-order valence-electron chi connectivity index (χ3n) is 1.25. The van der Waals surface area contributed by atoms with E-state index in [2.05, 4.69) is 4.52 Å². The van der Waals surface area contributed by atoms with Gasteiger partial charge < -0.3 is 4.52 Å². The predicted molar refractivity (Wildman–Crippen MR) is 48.6 cm³/mol. The standard InChI is InChI=1S/C6H5ClNO4P/c7-13(11)12-6-3-1-5(2-4-6)8(9)10/h1-4,13H. The van der Waals surface area contributed by atoms with E-state index < -0.39 is 12.3 Å². The lowest BCUT2D eigenvalue weighted by Crippen LogP contribution is -1.86. The first-order valence-corrected chi connectivity index (χ1v) is 5.54. The first kappa shape index (κ1) is 10.0. The SMILES string of the molecule is O=[N+]([O-])c1ccc(O[PH](=O)Cl)cc1. The maximum Gasteiger partial charge on any atom is 0.325 e. The molecule has 7 heteroatoms. The van der Waals surface area contributed by atoms with E-state index >= 15 is 0 Å². The lowest BCUT2D eigenvalue weighted by molar-refractivity contribution is -0.384. The molecule has 0 aromatic heterocycles. The van der Waals surface area contributed by atoms with Crippen LogP contribution in [0.25, 0.3) is 0 Å². The Kier molecular flexibility index (Phi) is 3.28. The van der Waals surface area contributed by atoms with Crippen molar-refractivity contribution in [2.24, 2.45) is 0 Å². The number of halogens is 1. The van der Waals surface area contributed by atoms with Crippen molar-refractivity contribution in [3.05, 3.63) is 34.4 Å². The summed E-state index contributed by atoms with van der Waals surface area (Å²) in [5.74, 6) is 0.254. The number of hydrogen-bond donors (Lipinski definition) is 0. The number of nitrogens with zero attached hydrogens (tertiary/aromatic N) is 1. The second-order valence-electron chi connectivity index (χ2n) is 2.09. The van der Waals surface area contributed by atoms with Crippen molar-refractivity contribution in [1.29, 1.82) is 0 Å². The molecule has 0 aliphatic rings. The third kappa shape index (κ3) is 3.05. The molecule has 0 saturated carbocycles. The van der Waals surface area contributed by atoms with E-state index in [9.17, 15) is 14.7 Å². The summed E-state index contributed by atoms with van der Waals surface area (Å²) in [5.41, 5.74) is -0.0541. The van der Waals surface area contributed by atoms with Gasteiger partial charge in [0.05, 0.1) is 4.92 Å². The molecular formula is C6H5ClNO4P. The second kappa shape index (κ2) is 4.25. The third-order valence-corrected chi connectivity index (χ3v) is 1.87. The van der Waals surface area contributed by atoms with E-state index in [-0.39, 0.29) is 11.4 Å². The van der Waals surface area contributed by atoms with Crippen LogP contribution in [0.1, 0.15) is 0 Å². The summed E-state index contributed by atoms with van der Waals surface area (Å²) >= 11 is 5.10. The van der Waals surface area contributed by atoms with Gasteiger partial charge in [-0.15, -0.1) is 0 Å². The summed E-state index contributed by atoms with van der Waals surface area (Å²) in [6, 6.07) is 5.17. The van der Waals surface area contributed by atoms with Gasteiger partial charge >= 0.3 is 7.38 Å². The second-order valence-corrected chi connectivity index (χ2v) is 3.70. The Labute approximate surface area is 79.1 Å². The van der Waals surface area contributed by atoms with Gasteiger partial charge in [-0.3, -0.25) is 14.7 Å². The lowest BCUT2D eigenvalue weighted by Gasteiger charge is -1.99. The predicted octanol–water partition coefficient (Wildman–Crippen LogP) is 2.60. The maximum atomic E-state index is 10.4. The van der Waals surface area contributed by atoms with Crippen molar-refractivity contribution in [2.75, 3.05) is 0 Å². The van der Waals surface area contributed by atoms with Gasteiger partial charge in [0.25, 0.3) is 5.69 Å². The Hall–Kier alpha value is -1.06. The zero-order valence-electron chi connectivity index (χ0n) is 6.27. The molecule has 0 bridgehead atoms. The number of rotatable bonds is 3. The average molecular weight is 222 g/mol. The molecule has 0 radical (unpaired) electrons. The van der Waals surface area contributed by atoms with E-state index in [0.29, 0.717) is 0 Å². The first-order chi connectivity index (χ1) is 6.09. The molecule has 0 N–H and O–H groups in total. The number of hydrogen-bond acceptors (Lipinski definition) is 4. The summed E-state index contributed by atoms with van der Waals surface area (Å²) in [4.78, 5) is 9.68. The molecule has 0 saturated heterocycles. The van der Waals surface area contributed by atoms with Crippen LogP contribution in [0.5, 0.6) is 5.75 Å².